The maximum Gasteiger partial charge on any atom is 0.142 e. The molecule has 0 saturated heterocycles. The van der Waals surface area contributed by atoms with Crippen molar-refractivity contribution in [3.63, 3.8) is 0 Å². The summed E-state index contributed by atoms with van der Waals surface area (Å²) >= 11 is 5.50. The van der Waals surface area contributed by atoms with Crippen LogP contribution in [0.3, 0.4) is 0 Å². The van der Waals surface area contributed by atoms with E-state index in [0.29, 0.717) is 5.03 Å². The molecule has 0 aromatic carbocycles. The summed E-state index contributed by atoms with van der Waals surface area (Å²) in [5, 5.41) is 0.313. The Labute approximate surface area is 58.9 Å². The molecule has 3 nitrogen and oxygen atoms in total. The standard InChI is InChI=1S/C5H8ClN3/c1-8-3-4(6)5(7)9-2/h3H,2,7H2,1H3/b5-4+,8-3-. The zero-order chi connectivity index (χ0) is 7.28. The van der Waals surface area contributed by atoms with E-state index in [9.17, 15) is 0 Å². The maximum atomic E-state index is 5.50. The van der Waals surface area contributed by atoms with Crippen molar-refractivity contribution in [2.45, 2.75) is 0 Å². The van der Waals surface area contributed by atoms with Gasteiger partial charge in [0, 0.05) is 13.3 Å². The summed E-state index contributed by atoms with van der Waals surface area (Å²) in [6, 6.07) is 0. The molecule has 0 fully saturated rings. The second-order valence-electron chi connectivity index (χ2n) is 1.28. The van der Waals surface area contributed by atoms with E-state index in [1.807, 2.05) is 0 Å². The molecule has 0 saturated carbocycles. The number of nitrogens with two attached hydrogens (primary N) is 1. The molecular weight excluding hydrogens is 138 g/mol. The van der Waals surface area contributed by atoms with Crippen LogP contribution in [0.4, 0.5) is 0 Å². The Hall–Kier alpha value is -0.830. The number of nitrogens with zero attached hydrogens (tertiary/aromatic N) is 2. The van der Waals surface area contributed by atoms with Gasteiger partial charge in [-0.2, -0.15) is 0 Å². The topological polar surface area (TPSA) is 50.7 Å². The normalized spacial score (nSPS) is 13.6. The first kappa shape index (κ1) is 8.17. The van der Waals surface area contributed by atoms with Crippen LogP contribution in [0.1, 0.15) is 0 Å². The summed E-state index contributed by atoms with van der Waals surface area (Å²) in [4.78, 5) is 7.01. The highest BCUT2D eigenvalue weighted by molar-refractivity contribution is 6.39. The van der Waals surface area contributed by atoms with Crippen molar-refractivity contribution in [1.82, 2.24) is 0 Å². The Morgan fingerprint density at radius 2 is 2.33 bits per heavy atom. The van der Waals surface area contributed by atoms with Crippen molar-refractivity contribution in [2.75, 3.05) is 7.05 Å². The molecule has 0 atom stereocenters. The number of rotatable bonds is 2. The van der Waals surface area contributed by atoms with Gasteiger partial charge in [0.05, 0.1) is 0 Å². The predicted molar refractivity (Wildman–Crippen MR) is 41.0 cm³/mol. The molecule has 0 bridgehead atoms. The van der Waals surface area contributed by atoms with Crippen LogP contribution in [0.2, 0.25) is 0 Å². The first-order valence-corrected chi connectivity index (χ1v) is 2.64. The van der Waals surface area contributed by atoms with E-state index in [-0.39, 0.29) is 5.82 Å². The lowest BCUT2D eigenvalue weighted by molar-refractivity contribution is 1.26. The maximum absolute atomic E-state index is 5.50. The molecule has 0 unspecified atom stereocenters. The van der Waals surface area contributed by atoms with Crippen molar-refractivity contribution < 1.29 is 0 Å². The molecule has 2 N–H and O–H groups in total. The van der Waals surface area contributed by atoms with Gasteiger partial charge in [0.15, 0.2) is 0 Å². The van der Waals surface area contributed by atoms with E-state index >= 15 is 0 Å². The van der Waals surface area contributed by atoms with Gasteiger partial charge in [-0.1, -0.05) is 11.6 Å². The smallest absolute Gasteiger partial charge is 0.142 e. The Morgan fingerprint density at radius 1 is 1.78 bits per heavy atom. The number of hydrogen-bond donors (Lipinski definition) is 1. The zero-order valence-electron chi connectivity index (χ0n) is 5.13. The Bertz CT molecular complexity index is 160. The highest BCUT2D eigenvalue weighted by atomic mass is 35.5. The first-order chi connectivity index (χ1) is 4.22. The van der Waals surface area contributed by atoms with Crippen molar-refractivity contribution >= 4 is 24.5 Å². The van der Waals surface area contributed by atoms with E-state index in [4.69, 9.17) is 17.3 Å². The quantitative estimate of drug-likeness (QED) is 0.573. The third-order valence-electron chi connectivity index (χ3n) is 0.657. The monoisotopic (exact) mass is 145 g/mol. The van der Waals surface area contributed by atoms with Crippen molar-refractivity contribution in [3.05, 3.63) is 10.9 Å². The molecule has 0 aliphatic heterocycles. The SMILES string of the molecule is C=N/C(N)=C(Cl)\C=N/C. The molecule has 0 spiro atoms. The minimum absolute atomic E-state index is 0.197. The van der Waals surface area contributed by atoms with Crippen LogP contribution < -0.4 is 5.73 Å². The third kappa shape index (κ3) is 2.87. The van der Waals surface area contributed by atoms with E-state index in [1.54, 1.807) is 7.05 Å². The van der Waals surface area contributed by atoms with E-state index < -0.39 is 0 Å². The lowest BCUT2D eigenvalue weighted by Crippen LogP contribution is -1.96. The number of halogens is 1. The van der Waals surface area contributed by atoms with Gasteiger partial charge in [0.25, 0.3) is 0 Å². The molecule has 0 aliphatic rings. The Morgan fingerprint density at radius 3 is 2.67 bits per heavy atom. The molecular formula is C5H8ClN3. The molecule has 0 aromatic rings. The average molecular weight is 146 g/mol. The van der Waals surface area contributed by atoms with Crippen LogP contribution in [-0.2, 0) is 0 Å². The summed E-state index contributed by atoms with van der Waals surface area (Å²) < 4.78 is 0. The van der Waals surface area contributed by atoms with Gasteiger partial charge in [-0.05, 0) is 6.72 Å². The van der Waals surface area contributed by atoms with E-state index in [1.165, 1.54) is 6.21 Å². The molecule has 0 heterocycles. The number of aliphatic imine (C=N–C) groups is 2. The average Bonchev–Trinajstić information content (AvgIpc) is 1.87. The van der Waals surface area contributed by atoms with Gasteiger partial charge < -0.3 is 5.73 Å². The minimum atomic E-state index is 0.197. The van der Waals surface area contributed by atoms with Crippen LogP contribution in [0, 0.1) is 0 Å². The van der Waals surface area contributed by atoms with Crippen LogP contribution in [0.5, 0.6) is 0 Å². The summed E-state index contributed by atoms with van der Waals surface area (Å²) in [6.45, 7) is 3.18. The molecule has 0 rings (SSSR count). The lowest BCUT2D eigenvalue weighted by Gasteiger charge is -1.89. The number of hydrogen-bond acceptors (Lipinski definition) is 3. The van der Waals surface area contributed by atoms with Crippen molar-refractivity contribution in [2.24, 2.45) is 15.7 Å². The fraction of sp³-hybridized carbons (Fsp3) is 0.200. The number of allylic oxidation sites excluding steroid dienone is 1. The fourth-order valence-electron chi connectivity index (χ4n) is 0.255. The molecule has 4 heteroatoms. The van der Waals surface area contributed by atoms with Crippen LogP contribution in [0.25, 0.3) is 0 Å². The van der Waals surface area contributed by atoms with Gasteiger partial charge in [-0.15, -0.1) is 0 Å². The summed E-state index contributed by atoms with van der Waals surface area (Å²) in [5.41, 5.74) is 5.23. The summed E-state index contributed by atoms with van der Waals surface area (Å²) in [5.74, 6) is 0.197. The Kier molecular flexibility index (Phi) is 3.71. The largest absolute Gasteiger partial charge is 0.382 e. The highest BCUT2D eigenvalue weighted by Gasteiger charge is 1.90. The second kappa shape index (κ2) is 4.09. The third-order valence-corrected chi connectivity index (χ3v) is 0.949. The second-order valence-corrected chi connectivity index (χ2v) is 1.69. The first-order valence-electron chi connectivity index (χ1n) is 2.26. The molecule has 0 radical (unpaired) electrons. The lowest BCUT2D eigenvalue weighted by atomic mass is 10.6. The van der Waals surface area contributed by atoms with Gasteiger partial charge in [0.1, 0.15) is 10.9 Å². The van der Waals surface area contributed by atoms with Gasteiger partial charge in [0.2, 0.25) is 0 Å². The summed E-state index contributed by atoms with van der Waals surface area (Å²) in [6.07, 6.45) is 1.41. The minimum Gasteiger partial charge on any atom is -0.382 e. The van der Waals surface area contributed by atoms with Crippen molar-refractivity contribution in [3.8, 4) is 0 Å². The van der Waals surface area contributed by atoms with Gasteiger partial charge >= 0.3 is 0 Å². The molecule has 0 aromatic heterocycles. The molecule has 0 aliphatic carbocycles. The highest BCUT2D eigenvalue weighted by Crippen LogP contribution is 2.01. The van der Waals surface area contributed by atoms with Crippen molar-refractivity contribution in [1.29, 1.82) is 0 Å². The van der Waals surface area contributed by atoms with Gasteiger partial charge in [-0.25, -0.2) is 4.99 Å². The summed E-state index contributed by atoms with van der Waals surface area (Å²) in [7, 11) is 1.60. The fourth-order valence-corrected chi connectivity index (χ4v) is 0.412. The van der Waals surface area contributed by atoms with Crippen LogP contribution in [0.15, 0.2) is 20.8 Å². The zero-order valence-corrected chi connectivity index (χ0v) is 5.89. The van der Waals surface area contributed by atoms with E-state index in [0.717, 1.165) is 0 Å². The predicted octanol–water partition coefficient (Wildman–Crippen LogP) is 0.754. The van der Waals surface area contributed by atoms with E-state index in [2.05, 4.69) is 16.7 Å². The Balaban J connectivity index is 4.27. The molecule has 50 valence electrons. The van der Waals surface area contributed by atoms with Gasteiger partial charge in [-0.3, -0.25) is 4.99 Å². The van der Waals surface area contributed by atoms with Crippen LogP contribution in [-0.4, -0.2) is 20.0 Å². The van der Waals surface area contributed by atoms with Crippen LogP contribution >= 0.6 is 11.6 Å². The molecule has 0 amide bonds. The molecule has 9 heavy (non-hydrogen) atoms.